The highest BCUT2D eigenvalue weighted by Gasteiger charge is 2.21. The fourth-order valence-electron chi connectivity index (χ4n) is 2.80. The SMILES string of the molecule is CCC(Cc1ccccc1)NC1CCC(O)CC1. The molecule has 1 atom stereocenters. The topological polar surface area (TPSA) is 32.3 Å². The number of aliphatic hydroxyl groups is 1. The van der Waals surface area contributed by atoms with Gasteiger partial charge in [0.1, 0.15) is 0 Å². The first-order chi connectivity index (χ1) is 8.78. The van der Waals surface area contributed by atoms with Gasteiger partial charge in [-0.1, -0.05) is 37.3 Å². The van der Waals surface area contributed by atoms with Gasteiger partial charge in [0.25, 0.3) is 0 Å². The quantitative estimate of drug-likeness (QED) is 0.838. The Labute approximate surface area is 110 Å². The molecule has 18 heavy (non-hydrogen) atoms. The predicted octanol–water partition coefficient (Wildman–Crippen LogP) is 2.90. The Hall–Kier alpha value is -0.860. The molecule has 2 N–H and O–H groups in total. The van der Waals surface area contributed by atoms with Crippen molar-refractivity contribution in [3.05, 3.63) is 35.9 Å². The average Bonchev–Trinajstić information content (AvgIpc) is 2.41. The van der Waals surface area contributed by atoms with Gasteiger partial charge in [0.05, 0.1) is 6.10 Å². The van der Waals surface area contributed by atoms with Crippen LogP contribution in [0.5, 0.6) is 0 Å². The molecule has 0 radical (unpaired) electrons. The van der Waals surface area contributed by atoms with Crippen molar-refractivity contribution in [1.29, 1.82) is 0 Å². The summed E-state index contributed by atoms with van der Waals surface area (Å²) in [4.78, 5) is 0. The molecule has 1 fully saturated rings. The van der Waals surface area contributed by atoms with E-state index in [9.17, 15) is 5.11 Å². The van der Waals surface area contributed by atoms with E-state index in [1.165, 1.54) is 5.56 Å². The van der Waals surface area contributed by atoms with Crippen LogP contribution in [0.3, 0.4) is 0 Å². The second-order valence-corrected chi connectivity index (χ2v) is 5.47. The zero-order valence-electron chi connectivity index (χ0n) is 11.3. The second kappa shape index (κ2) is 6.91. The summed E-state index contributed by atoms with van der Waals surface area (Å²) in [7, 11) is 0. The minimum Gasteiger partial charge on any atom is -0.393 e. The third-order valence-corrected chi connectivity index (χ3v) is 3.99. The molecule has 2 rings (SSSR count). The lowest BCUT2D eigenvalue weighted by atomic mass is 9.91. The Balaban J connectivity index is 1.82. The molecule has 0 amide bonds. The largest absolute Gasteiger partial charge is 0.393 e. The van der Waals surface area contributed by atoms with Crippen molar-refractivity contribution < 1.29 is 5.11 Å². The highest BCUT2D eigenvalue weighted by Crippen LogP contribution is 2.19. The van der Waals surface area contributed by atoms with Gasteiger partial charge in [0, 0.05) is 12.1 Å². The summed E-state index contributed by atoms with van der Waals surface area (Å²) in [5.41, 5.74) is 1.41. The molecule has 1 aliphatic rings. The number of nitrogens with one attached hydrogen (secondary N) is 1. The van der Waals surface area contributed by atoms with E-state index in [0.29, 0.717) is 12.1 Å². The van der Waals surface area contributed by atoms with Gasteiger partial charge >= 0.3 is 0 Å². The Kier molecular flexibility index (Phi) is 5.21. The van der Waals surface area contributed by atoms with Crippen molar-refractivity contribution in [2.75, 3.05) is 0 Å². The molecule has 1 aliphatic carbocycles. The van der Waals surface area contributed by atoms with E-state index in [-0.39, 0.29) is 6.10 Å². The average molecular weight is 247 g/mol. The molecule has 100 valence electrons. The monoisotopic (exact) mass is 247 g/mol. The molecule has 2 nitrogen and oxygen atoms in total. The molecular formula is C16H25NO. The van der Waals surface area contributed by atoms with Crippen molar-refractivity contribution in [3.8, 4) is 0 Å². The summed E-state index contributed by atoms with van der Waals surface area (Å²) in [5, 5.41) is 13.3. The van der Waals surface area contributed by atoms with E-state index in [0.717, 1.165) is 38.5 Å². The first kappa shape index (κ1) is 13.6. The van der Waals surface area contributed by atoms with E-state index < -0.39 is 0 Å². The molecule has 0 heterocycles. The van der Waals surface area contributed by atoms with Gasteiger partial charge in [-0.3, -0.25) is 0 Å². The van der Waals surface area contributed by atoms with Gasteiger partial charge in [-0.05, 0) is 44.1 Å². The Bertz CT molecular complexity index is 330. The van der Waals surface area contributed by atoms with E-state index in [1.54, 1.807) is 0 Å². The molecule has 0 aromatic heterocycles. The zero-order valence-corrected chi connectivity index (χ0v) is 11.3. The lowest BCUT2D eigenvalue weighted by Crippen LogP contribution is -2.42. The Morgan fingerprint density at radius 2 is 1.83 bits per heavy atom. The minimum atomic E-state index is -0.0581. The van der Waals surface area contributed by atoms with Crippen LogP contribution in [0.4, 0.5) is 0 Å². The van der Waals surface area contributed by atoms with Crippen LogP contribution in [0.1, 0.15) is 44.6 Å². The molecular weight excluding hydrogens is 222 g/mol. The number of aliphatic hydroxyl groups excluding tert-OH is 1. The number of benzene rings is 1. The van der Waals surface area contributed by atoms with Crippen LogP contribution in [0.15, 0.2) is 30.3 Å². The molecule has 1 unspecified atom stereocenters. The van der Waals surface area contributed by atoms with Crippen LogP contribution >= 0.6 is 0 Å². The lowest BCUT2D eigenvalue weighted by molar-refractivity contribution is 0.114. The first-order valence-corrected chi connectivity index (χ1v) is 7.26. The van der Waals surface area contributed by atoms with Crippen LogP contribution < -0.4 is 5.32 Å². The predicted molar refractivity (Wildman–Crippen MR) is 75.6 cm³/mol. The van der Waals surface area contributed by atoms with Gasteiger partial charge in [0.2, 0.25) is 0 Å². The molecule has 0 spiro atoms. The standard InChI is InChI=1S/C16H25NO/c1-2-14(12-13-6-4-3-5-7-13)17-15-8-10-16(18)11-9-15/h3-7,14-18H,2,8-12H2,1H3. The van der Waals surface area contributed by atoms with E-state index in [4.69, 9.17) is 0 Å². The third kappa shape index (κ3) is 4.11. The smallest absolute Gasteiger partial charge is 0.0541 e. The van der Waals surface area contributed by atoms with Crippen molar-refractivity contribution in [2.24, 2.45) is 0 Å². The van der Waals surface area contributed by atoms with E-state index in [1.807, 2.05) is 0 Å². The van der Waals surface area contributed by atoms with Gasteiger partial charge in [-0.15, -0.1) is 0 Å². The van der Waals surface area contributed by atoms with Crippen molar-refractivity contribution in [1.82, 2.24) is 5.32 Å². The van der Waals surface area contributed by atoms with Crippen LogP contribution in [-0.2, 0) is 6.42 Å². The van der Waals surface area contributed by atoms with Crippen LogP contribution in [-0.4, -0.2) is 23.3 Å². The van der Waals surface area contributed by atoms with Gasteiger partial charge in [-0.25, -0.2) is 0 Å². The minimum absolute atomic E-state index is 0.0581. The Morgan fingerprint density at radius 3 is 2.44 bits per heavy atom. The summed E-state index contributed by atoms with van der Waals surface area (Å²) in [6, 6.07) is 11.9. The maximum absolute atomic E-state index is 9.53. The fourth-order valence-corrected chi connectivity index (χ4v) is 2.80. The van der Waals surface area contributed by atoms with Crippen molar-refractivity contribution in [2.45, 2.75) is 63.6 Å². The maximum Gasteiger partial charge on any atom is 0.0541 e. The van der Waals surface area contributed by atoms with Gasteiger partial charge in [0.15, 0.2) is 0 Å². The fraction of sp³-hybridized carbons (Fsp3) is 0.625. The molecule has 1 aromatic carbocycles. The zero-order chi connectivity index (χ0) is 12.8. The van der Waals surface area contributed by atoms with Crippen molar-refractivity contribution >= 4 is 0 Å². The Morgan fingerprint density at radius 1 is 1.17 bits per heavy atom. The summed E-state index contributed by atoms with van der Waals surface area (Å²) < 4.78 is 0. The normalized spacial score (nSPS) is 25.9. The first-order valence-electron chi connectivity index (χ1n) is 7.26. The van der Waals surface area contributed by atoms with Crippen LogP contribution in [0.25, 0.3) is 0 Å². The lowest BCUT2D eigenvalue weighted by Gasteiger charge is -2.30. The highest BCUT2D eigenvalue weighted by molar-refractivity contribution is 5.15. The molecule has 2 heteroatoms. The van der Waals surface area contributed by atoms with Gasteiger partial charge < -0.3 is 10.4 Å². The maximum atomic E-state index is 9.53. The highest BCUT2D eigenvalue weighted by atomic mass is 16.3. The third-order valence-electron chi connectivity index (χ3n) is 3.99. The van der Waals surface area contributed by atoms with E-state index in [2.05, 4.69) is 42.6 Å². The van der Waals surface area contributed by atoms with Crippen LogP contribution in [0, 0.1) is 0 Å². The molecule has 0 saturated heterocycles. The summed E-state index contributed by atoms with van der Waals surface area (Å²) in [5.74, 6) is 0. The molecule has 0 aliphatic heterocycles. The second-order valence-electron chi connectivity index (χ2n) is 5.47. The van der Waals surface area contributed by atoms with E-state index >= 15 is 0 Å². The number of hydrogen-bond acceptors (Lipinski definition) is 2. The summed E-state index contributed by atoms with van der Waals surface area (Å²) >= 11 is 0. The van der Waals surface area contributed by atoms with Gasteiger partial charge in [-0.2, -0.15) is 0 Å². The molecule has 1 aromatic rings. The van der Waals surface area contributed by atoms with Crippen LogP contribution in [0.2, 0.25) is 0 Å². The number of hydrogen-bond donors (Lipinski definition) is 2. The summed E-state index contributed by atoms with van der Waals surface area (Å²) in [6.07, 6.45) is 6.36. The molecule has 1 saturated carbocycles. The number of rotatable bonds is 5. The molecule has 0 bridgehead atoms. The summed E-state index contributed by atoms with van der Waals surface area (Å²) in [6.45, 7) is 2.25. The van der Waals surface area contributed by atoms with Crippen molar-refractivity contribution in [3.63, 3.8) is 0 Å².